The van der Waals surface area contributed by atoms with E-state index in [1.165, 1.54) is 7.05 Å². The van der Waals surface area contributed by atoms with Gasteiger partial charge in [0.05, 0.1) is 11.1 Å². The number of carbonyl (C=O) groups is 1. The Morgan fingerprint density at radius 3 is 2.44 bits per heavy atom. The molecule has 6 heteroatoms. The molecule has 0 atom stereocenters. The molecule has 0 spiro atoms. The van der Waals surface area contributed by atoms with Crippen molar-refractivity contribution in [3.63, 3.8) is 0 Å². The molecule has 16 heavy (non-hydrogen) atoms. The molecule has 2 nitrogen and oxygen atoms in total. The van der Waals surface area contributed by atoms with E-state index in [1.807, 2.05) is 0 Å². The summed E-state index contributed by atoms with van der Waals surface area (Å²) in [4.78, 5) is 11.3. The number of benzene rings is 1. The second-order valence-corrected chi connectivity index (χ2v) is 3.05. The zero-order valence-corrected chi connectivity index (χ0v) is 8.36. The summed E-state index contributed by atoms with van der Waals surface area (Å²) in [5, 5.41) is 2.06. The Labute approximate surface area is 89.3 Å². The van der Waals surface area contributed by atoms with Gasteiger partial charge in [-0.2, -0.15) is 13.2 Å². The molecule has 0 heterocycles. The monoisotopic (exact) mass is 235 g/mol. The van der Waals surface area contributed by atoms with Crippen molar-refractivity contribution in [2.24, 2.45) is 0 Å². The highest BCUT2D eigenvalue weighted by Crippen LogP contribution is 2.33. The van der Waals surface area contributed by atoms with E-state index in [0.717, 1.165) is 18.2 Å². The summed E-state index contributed by atoms with van der Waals surface area (Å²) in [5.74, 6) is -0.944. The van der Waals surface area contributed by atoms with Gasteiger partial charge in [-0.15, -0.1) is 0 Å². The molecule has 1 aromatic rings. The molecule has 0 radical (unpaired) electrons. The zero-order chi connectivity index (χ0) is 12.3. The predicted octanol–water partition coefficient (Wildman–Crippen LogP) is 2.53. The minimum atomic E-state index is -4.67. The van der Waals surface area contributed by atoms with Crippen LogP contribution in [0.4, 0.5) is 17.6 Å². The first-order valence-electron chi connectivity index (χ1n) is 4.39. The molecular weight excluding hydrogens is 226 g/mol. The largest absolute Gasteiger partial charge is 0.417 e. The number of amides is 1. The van der Waals surface area contributed by atoms with Crippen LogP contribution in [0.2, 0.25) is 0 Å². The summed E-state index contributed by atoms with van der Waals surface area (Å²) in [7, 11) is 1.19. The van der Waals surface area contributed by atoms with E-state index in [4.69, 9.17) is 0 Å². The van der Waals surface area contributed by atoms with E-state index in [1.54, 1.807) is 0 Å². The van der Waals surface area contributed by atoms with Crippen molar-refractivity contribution in [2.75, 3.05) is 7.05 Å². The summed E-state index contributed by atoms with van der Waals surface area (Å²) >= 11 is 0. The highest BCUT2D eigenvalue weighted by Gasteiger charge is 2.36. The van der Waals surface area contributed by atoms with Gasteiger partial charge in [0, 0.05) is 7.05 Å². The lowest BCUT2D eigenvalue weighted by molar-refractivity contribution is -0.138. The first-order chi connectivity index (χ1) is 7.41. The molecule has 0 aliphatic carbocycles. The third-order valence-corrected chi connectivity index (χ3v) is 2.05. The van der Waals surface area contributed by atoms with Gasteiger partial charge < -0.3 is 5.32 Å². The van der Waals surface area contributed by atoms with E-state index in [9.17, 15) is 22.4 Å². The summed E-state index contributed by atoms with van der Waals surface area (Å²) < 4.78 is 50.2. The van der Waals surface area contributed by atoms with E-state index in [0.29, 0.717) is 0 Å². The van der Waals surface area contributed by atoms with Gasteiger partial charge >= 0.3 is 6.18 Å². The van der Waals surface area contributed by atoms with Crippen LogP contribution in [0, 0.1) is 0 Å². The highest BCUT2D eigenvalue weighted by atomic mass is 19.4. The van der Waals surface area contributed by atoms with Crippen LogP contribution in [0.5, 0.6) is 0 Å². The third kappa shape index (κ3) is 2.32. The van der Waals surface area contributed by atoms with Crippen LogP contribution in [-0.2, 0) is 12.9 Å². The van der Waals surface area contributed by atoms with Gasteiger partial charge in [0.25, 0.3) is 5.91 Å². The summed E-state index contributed by atoms with van der Waals surface area (Å²) in [5.41, 5.74) is -2.05. The number of hydrogen-bond acceptors (Lipinski definition) is 1. The maximum atomic E-state index is 12.6. The Bertz CT molecular complexity index is 400. The van der Waals surface area contributed by atoms with Crippen LogP contribution in [-0.4, -0.2) is 13.0 Å². The summed E-state index contributed by atoms with van der Waals surface area (Å²) in [6.07, 6.45) is -4.67. The van der Waals surface area contributed by atoms with Crippen molar-refractivity contribution in [3.05, 3.63) is 34.9 Å². The normalized spacial score (nSPS) is 11.3. The minimum Gasteiger partial charge on any atom is -0.355 e. The van der Waals surface area contributed by atoms with Crippen molar-refractivity contribution < 1.29 is 22.4 Å². The van der Waals surface area contributed by atoms with Crippen molar-refractivity contribution >= 4 is 5.91 Å². The van der Waals surface area contributed by atoms with Gasteiger partial charge in [0.15, 0.2) is 0 Å². The van der Waals surface area contributed by atoms with Crippen LogP contribution in [0.15, 0.2) is 18.2 Å². The van der Waals surface area contributed by atoms with E-state index < -0.39 is 29.9 Å². The molecule has 1 amide bonds. The van der Waals surface area contributed by atoms with Crippen LogP contribution in [0.3, 0.4) is 0 Å². The fourth-order valence-electron chi connectivity index (χ4n) is 1.34. The quantitative estimate of drug-likeness (QED) is 0.784. The molecule has 0 fully saturated rings. The second kappa shape index (κ2) is 4.51. The highest BCUT2D eigenvalue weighted by molar-refractivity contribution is 5.97. The SMILES string of the molecule is CNC(=O)c1c(CF)cccc1C(F)(F)F. The number of rotatable bonds is 2. The number of carbonyl (C=O) groups excluding carboxylic acids is 1. The Hall–Kier alpha value is -1.59. The molecule has 0 bridgehead atoms. The summed E-state index contributed by atoms with van der Waals surface area (Å²) in [6, 6.07) is 2.98. The molecule has 0 aromatic heterocycles. The van der Waals surface area contributed by atoms with Gasteiger partial charge in [-0.1, -0.05) is 12.1 Å². The first kappa shape index (κ1) is 12.5. The van der Waals surface area contributed by atoms with E-state index in [-0.39, 0.29) is 5.56 Å². The number of halogens is 4. The zero-order valence-electron chi connectivity index (χ0n) is 8.36. The maximum absolute atomic E-state index is 12.6. The average molecular weight is 235 g/mol. The summed E-state index contributed by atoms with van der Waals surface area (Å²) in [6.45, 7) is -1.12. The van der Waals surface area contributed by atoms with E-state index in [2.05, 4.69) is 5.32 Å². The molecule has 0 unspecified atom stereocenters. The Morgan fingerprint density at radius 1 is 1.38 bits per heavy atom. The standard InChI is InChI=1S/C10H9F4NO/c1-15-9(16)8-6(5-11)3-2-4-7(8)10(12,13)14/h2-4H,5H2,1H3,(H,15,16). The van der Waals surface area contributed by atoms with Gasteiger partial charge in [0.2, 0.25) is 0 Å². The lowest BCUT2D eigenvalue weighted by Crippen LogP contribution is -2.24. The van der Waals surface area contributed by atoms with Crippen molar-refractivity contribution in [3.8, 4) is 0 Å². The second-order valence-electron chi connectivity index (χ2n) is 3.05. The fraction of sp³-hybridized carbons (Fsp3) is 0.300. The Balaban J connectivity index is 3.44. The van der Waals surface area contributed by atoms with Gasteiger partial charge in [-0.25, -0.2) is 4.39 Å². The molecule has 1 aromatic carbocycles. The molecule has 0 saturated carbocycles. The Morgan fingerprint density at radius 2 is 2.00 bits per heavy atom. The van der Waals surface area contributed by atoms with Gasteiger partial charge in [-0.3, -0.25) is 4.79 Å². The lowest BCUT2D eigenvalue weighted by Gasteiger charge is -2.14. The molecule has 1 rings (SSSR count). The van der Waals surface area contributed by atoms with Gasteiger partial charge in [-0.05, 0) is 11.6 Å². The van der Waals surface area contributed by atoms with E-state index >= 15 is 0 Å². The first-order valence-corrected chi connectivity index (χ1v) is 4.39. The average Bonchev–Trinajstić information content (AvgIpc) is 2.25. The molecule has 0 aliphatic heterocycles. The number of alkyl halides is 4. The topological polar surface area (TPSA) is 29.1 Å². The van der Waals surface area contributed by atoms with Crippen molar-refractivity contribution in [1.82, 2.24) is 5.32 Å². The fourth-order valence-corrected chi connectivity index (χ4v) is 1.34. The van der Waals surface area contributed by atoms with Crippen LogP contribution >= 0.6 is 0 Å². The minimum absolute atomic E-state index is 0.269. The molecule has 1 N–H and O–H groups in total. The third-order valence-electron chi connectivity index (χ3n) is 2.05. The number of nitrogens with one attached hydrogen (secondary N) is 1. The predicted molar refractivity (Wildman–Crippen MR) is 49.6 cm³/mol. The number of hydrogen-bond donors (Lipinski definition) is 1. The smallest absolute Gasteiger partial charge is 0.355 e. The van der Waals surface area contributed by atoms with Crippen LogP contribution < -0.4 is 5.32 Å². The lowest BCUT2D eigenvalue weighted by atomic mass is 10.0. The van der Waals surface area contributed by atoms with Crippen LogP contribution in [0.25, 0.3) is 0 Å². The Kier molecular flexibility index (Phi) is 3.51. The molecule has 88 valence electrons. The molecule has 0 aliphatic rings. The maximum Gasteiger partial charge on any atom is 0.417 e. The van der Waals surface area contributed by atoms with Crippen molar-refractivity contribution in [2.45, 2.75) is 12.9 Å². The van der Waals surface area contributed by atoms with Crippen molar-refractivity contribution in [1.29, 1.82) is 0 Å². The van der Waals surface area contributed by atoms with Gasteiger partial charge in [0.1, 0.15) is 6.67 Å². The molecule has 0 saturated heterocycles. The molecular formula is C10H9F4NO. The van der Waals surface area contributed by atoms with Crippen LogP contribution in [0.1, 0.15) is 21.5 Å².